The average Bonchev–Trinajstić information content (AvgIpc) is 2.51. The van der Waals surface area contributed by atoms with Gasteiger partial charge in [0.1, 0.15) is 11.5 Å². The number of allylic oxidation sites excluding steroid dienone is 1. The van der Waals surface area contributed by atoms with Gasteiger partial charge in [-0.25, -0.2) is 0 Å². The van der Waals surface area contributed by atoms with Crippen molar-refractivity contribution < 1.29 is 9.16 Å². The van der Waals surface area contributed by atoms with Gasteiger partial charge in [0.05, 0.1) is 11.6 Å². The molecule has 1 atom stereocenters. The maximum absolute atomic E-state index is 6.75. The molecule has 27 heavy (non-hydrogen) atoms. The van der Waals surface area contributed by atoms with Crippen molar-refractivity contribution in [2.45, 2.75) is 78.4 Å². The van der Waals surface area contributed by atoms with Crippen molar-refractivity contribution >= 4 is 24.2 Å². The van der Waals surface area contributed by atoms with Crippen LogP contribution >= 0.6 is 15.9 Å². The first-order chi connectivity index (χ1) is 12.3. The second kappa shape index (κ2) is 7.94. The third-order valence-corrected chi connectivity index (χ3v) is 11.6. The van der Waals surface area contributed by atoms with Gasteiger partial charge in [-0.3, -0.25) is 0 Å². The Morgan fingerprint density at radius 1 is 1.22 bits per heavy atom. The Morgan fingerprint density at radius 2 is 1.85 bits per heavy atom. The monoisotopic (exact) mass is 452 g/mol. The summed E-state index contributed by atoms with van der Waals surface area (Å²) in [6.07, 6.45) is 4.60. The number of ether oxygens (including phenoxy) is 1. The minimum absolute atomic E-state index is 0.157. The minimum Gasteiger partial charge on any atom is -0.543 e. The summed E-state index contributed by atoms with van der Waals surface area (Å²) in [5, 5.41) is 0.157. The Balaban J connectivity index is 2.46. The van der Waals surface area contributed by atoms with E-state index in [9.17, 15) is 0 Å². The van der Waals surface area contributed by atoms with E-state index in [1.807, 2.05) is 0 Å². The molecular weight excluding hydrogens is 416 g/mol. The van der Waals surface area contributed by atoms with Crippen molar-refractivity contribution in [2.75, 3.05) is 7.11 Å². The van der Waals surface area contributed by atoms with Crippen LogP contribution in [0.1, 0.15) is 59.4 Å². The highest BCUT2D eigenvalue weighted by atomic mass is 79.9. The standard InChI is InChI=1S/C23H37BrO2Si/c1-16-11-10-12-23(5,6)18(16)13-17-14-21(25-7)19(24)15-20(17)26-27(8,9)22(2,3)4/h14-15,18H,1,10-13H2,2-9H3. The summed E-state index contributed by atoms with van der Waals surface area (Å²) >= 11 is 3.65. The lowest BCUT2D eigenvalue weighted by Crippen LogP contribution is -2.44. The molecule has 0 bridgehead atoms. The van der Waals surface area contributed by atoms with Gasteiger partial charge in [0, 0.05) is 0 Å². The molecule has 2 nitrogen and oxygen atoms in total. The number of methoxy groups -OCH3 is 1. The zero-order valence-electron chi connectivity index (χ0n) is 18.5. The predicted molar refractivity (Wildman–Crippen MR) is 122 cm³/mol. The fourth-order valence-corrected chi connectivity index (χ4v) is 5.26. The first-order valence-electron chi connectivity index (χ1n) is 10.0. The van der Waals surface area contributed by atoms with Crippen molar-refractivity contribution in [3.63, 3.8) is 0 Å². The zero-order valence-corrected chi connectivity index (χ0v) is 21.0. The van der Waals surface area contributed by atoms with Crippen LogP contribution in [0.2, 0.25) is 18.1 Å². The molecule has 0 radical (unpaired) electrons. The van der Waals surface area contributed by atoms with Gasteiger partial charge in [-0.15, -0.1) is 0 Å². The van der Waals surface area contributed by atoms with Gasteiger partial charge < -0.3 is 9.16 Å². The molecule has 0 aliphatic heterocycles. The normalized spacial score (nSPS) is 20.5. The summed E-state index contributed by atoms with van der Waals surface area (Å²) in [5.74, 6) is 2.34. The van der Waals surface area contributed by atoms with Gasteiger partial charge in [-0.1, -0.05) is 46.8 Å². The quantitative estimate of drug-likeness (QED) is 0.335. The largest absolute Gasteiger partial charge is 0.543 e. The van der Waals surface area contributed by atoms with Crippen LogP contribution in [0.4, 0.5) is 0 Å². The molecule has 1 fully saturated rings. The van der Waals surface area contributed by atoms with Crippen LogP contribution < -0.4 is 9.16 Å². The summed E-state index contributed by atoms with van der Waals surface area (Å²) in [6.45, 7) is 20.6. The number of rotatable bonds is 5. The van der Waals surface area contributed by atoms with Crippen LogP contribution in [0.15, 0.2) is 28.8 Å². The number of hydrogen-bond donors (Lipinski definition) is 0. The molecule has 152 valence electrons. The molecule has 1 aliphatic carbocycles. The summed E-state index contributed by atoms with van der Waals surface area (Å²) in [4.78, 5) is 0. The van der Waals surface area contributed by atoms with E-state index in [0.717, 1.165) is 28.8 Å². The third-order valence-electron chi connectivity index (χ3n) is 6.69. The van der Waals surface area contributed by atoms with Crippen LogP contribution in [0.3, 0.4) is 0 Å². The number of hydrogen-bond acceptors (Lipinski definition) is 2. The molecular formula is C23H37BrO2Si. The highest BCUT2D eigenvalue weighted by molar-refractivity contribution is 9.10. The third kappa shape index (κ3) is 5.00. The molecule has 0 saturated heterocycles. The van der Waals surface area contributed by atoms with Crippen molar-refractivity contribution in [3.05, 3.63) is 34.3 Å². The molecule has 0 amide bonds. The Morgan fingerprint density at radius 3 is 2.37 bits per heavy atom. The smallest absolute Gasteiger partial charge is 0.250 e. The second-order valence-electron chi connectivity index (χ2n) is 10.2. The summed E-state index contributed by atoms with van der Waals surface area (Å²) < 4.78 is 13.3. The topological polar surface area (TPSA) is 18.5 Å². The van der Waals surface area contributed by atoms with Crippen molar-refractivity contribution in [1.82, 2.24) is 0 Å². The van der Waals surface area contributed by atoms with Gasteiger partial charge in [-0.05, 0) is 88.8 Å². The molecule has 1 aromatic rings. The van der Waals surface area contributed by atoms with Crippen molar-refractivity contribution in [2.24, 2.45) is 11.3 Å². The molecule has 2 rings (SSSR count). The van der Waals surface area contributed by atoms with E-state index in [2.05, 4.69) is 82.4 Å². The van der Waals surface area contributed by atoms with Gasteiger partial charge in [0.15, 0.2) is 0 Å². The zero-order chi connectivity index (χ0) is 20.6. The van der Waals surface area contributed by atoms with E-state index >= 15 is 0 Å². The van der Waals surface area contributed by atoms with Gasteiger partial charge in [0.2, 0.25) is 8.32 Å². The van der Waals surface area contributed by atoms with E-state index < -0.39 is 8.32 Å². The van der Waals surface area contributed by atoms with Crippen LogP contribution in [0.5, 0.6) is 11.5 Å². The van der Waals surface area contributed by atoms with Crippen molar-refractivity contribution in [1.29, 1.82) is 0 Å². The van der Waals surface area contributed by atoms with Gasteiger partial charge in [-0.2, -0.15) is 0 Å². The second-order valence-corrected chi connectivity index (χ2v) is 15.8. The van der Waals surface area contributed by atoms with Crippen LogP contribution in [0, 0.1) is 11.3 Å². The molecule has 1 aliphatic rings. The van der Waals surface area contributed by atoms with E-state index in [1.54, 1.807) is 7.11 Å². The molecule has 1 unspecified atom stereocenters. The highest BCUT2D eigenvalue weighted by Crippen LogP contribution is 2.47. The Kier molecular flexibility index (Phi) is 6.63. The fourth-order valence-electron chi connectivity index (χ4n) is 3.73. The highest BCUT2D eigenvalue weighted by Gasteiger charge is 2.40. The Labute approximate surface area is 176 Å². The summed E-state index contributed by atoms with van der Waals surface area (Å²) in [5.41, 5.74) is 2.89. The lowest BCUT2D eigenvalue weighted by molar-refractivity contribution is 0.188. The molecule has 0 heterocycles. The molecule has 4 heteroatoms. The van der Waals surface area contributed by atoms with Crippen molar-refractivity contribution in [3.8, 4) is 11.5 Å². The van der Waals surface area contributed by atoms with Crippen LogP contribution in [-0.4, -0.2) is 15.4 Å². The first-order valence-corrected chi connectivity index (χ1v) is 13.7. The average molecular weight is 454 g/mol. The van der Waals surface area contributed by atoms with E-state index in [0.29, 0.717) is 5.92 Å². The van der Waals surface area contributed by atoms with E-state index in [1.165, 1.54) is 24.0 Å². The maximum atomic E-state index is 6.75. The van der Waals surface area contributed by atoms with Crippen LogP contribution in [-0.2, 0) is 6.42 Å². The lowest BCUT2D eigenvalue weighted by atomic mass is 9.65. The molecule has 0 aromatic heterocycles. The minimum atomic E-state index is -1.93. The lowest BCUT2D eigenvalue weighted by Gasteiger charge is -2.41. The maximum Gasteiger partial charge on any atom is 0.250 e. The Bertz CT molecular complexity index is 701. The van der Waals surface area contributed by atoms with Gasteiger partial charge in [0.25, 0.3) is 0 Å². The Hall–Kier alpha value is -0.743. The molecule has 1 saturated carbocycles. The molecule has 1 aromatic carbocycles. The number of benzene rings is 1. The van der Waals surface area contributed by atoms with E-state index in [-0.39, 0.29) is 10.5 Å². The first kappa shape index (κ1) is 22.5. The van der Waals surface area contributed by atoms with Crippen LogP contribution in [0.25, 0.3) is 0 Å². The summed E-state index contributed by atoms with van der Waals surface area (Å²) in [6, 6.07) is 4.26. The van der Waals surface area contributed by atoms with Gasteiger partial charge >= 0.3 is 0 Å². The molecule has 0 spiro atoms. The summed E-state index contributed by atoms with van der Waals surface area (Å²) in [7, 11) is -0.206. The van der Waals surface area contributed by atoms with E-state index in [4.69, 9.17) is 9.16 Å². The fraction of sp³-hybridized carbons (Fsp3) is 0.652. The number of halogens is 1. The predicted octanol–water partition coefficient (Wildman–Crippen LogP) is 7.77. The SMILES string of the molecule is C=C1CCCC(C)(C)C1Cc1cc(OC)c(Br)cc1O[Si](C)(C)C(C)(C)C. The molecule has 0 N–H and O–H groups in total.